The van der Waals surface area contributed by atoms with Gasteiger partial charge >= 0.3 is 6.03 Å². The lowest BCUT2D eigenvalue weighted by atomic mass is 10.0. The maximum atomic E-state index is 12.5. The van der Waals surface area contributed by atoms with Crippen molar-refractivity contribution in [3.63, 3.8) is 0 Å². The Labute approximate surface area is 140 Å². The first-order valence-electron chi connectivity index (χ1n) is 8.82. The Morgan fingerprint density at radius 2 is 1.70 bits per heavy atom. The van der Waals surface area contributed by atoms with Crippen molar-refractivity contribution in [2.24, 2.45) is 5.92 Å². The summed E-state index contributed by atoms with van der Waals surface area (Å²) >= 11 is 0. The lowest BCUT2D eigenvalue weighted by molar-refractivity contribution is -0.136. The van der Waals surface area contributed by atoms with E-state index in [2.05, 4.69) is 10.6 Å². The van der Waals surface area contributed by atoms with Crippen LogP contribution in [0, 0.1) is 5.92 Å². The highest BCUT2D eigenvalue weighted by molar-refractivity contribution is 7.85. The van der Waals surface area contributed by atoms with Crippen LogP contribution in [0.4, 0.5) is 4.79 Å². The monoisotopic (exact) mass is 341 g/mol. The SMILES string of the molecule is O=C(NC1CCS(=O)C1)N[C@H]1CC[C@@H](C(=O)N2CCCCC2)C1. The topological polar surface area (TPSA) is 78.5 Å². The van der Waals surface area contributed by atoms with E-state index in [1.54, 1.807) is 0 Å². The molecule has 1 aliphatic carbocycles. The van der Waals surface area contributed by atoms with E-state index < -0.39 is 10.8 Å². The third-order valence-corrected chi connectivity index (χ3v) is 6.67. The molecule has 2 unspecified atom stereocenters. The number of likely N-dealkylation sites (tertiary alicyclic amines) is 1. The lowest BCUT2D eigenvalue weighted by Gasteiger charge is -2.29. The average molecular weight is 341 g/mol. The fourth-order valence-electron chi connectivity index (χ4n) is 3.90. The van der Waals surface area contributed by atoms with Crippen LogP contribution < -0.4 is 10.6 Å². The zero-order valence-electron chi connectivity index (χ0n) is 13.6. The van der Waals surface area contributed by atoms with Gasteiger partial charge in [-0.3, -0.25) is 9.00 Å². The molecule has 7 heteroatoms. The third kappa shape index (κ3) is 4.46. The highest BCUT2D eigenvalue weighted by atomic mass is 32.2. The quantitative estimate of drug-likeness (QED) is 0.803. The Morgan fingerprint density at radius 3 is 2.39 bits per heavy atom. The fraction of sp³-hybridized carbons (Fsp3) is 0.875. The molecule has 0 spiro atoms. The minimum Gasteiger partial charge on any atom is -0.342 e. The Hall–Kier alpha value is -1.11. The third-order valence-electron chi connectivity index (χ3n) is 5.20. The number of nitrogens with zero attached hydrogens (tertiary/aromatic N) is 1. The van der Waals surface area contributed by atoms with Gasteiger partial charge in [-0.2, -0.15) is 0 Å². The molecule has 3 aliphatic rings. The minimum absolute atomic E-state index is 0.0306. The summed E-state index contributed by atoms with van der Waals surface area (Å²) in [7, 11) is -0.781. The lowest BCUT2D eigenvalue weighted by Crippen LogP contribution is -2.46. The average Bonchev–Trinajstić information content (AvgIpc) is 3.16. The molecule has 2 saturated heterocycles. The summed E-state index contributed by atoms with van der Waals surface area (Å²) in [6.45, 7) is 1.79. The molecule has 2 N–H and O–H groups in total. The number of carbonyl (C=O) groups is 2. The van der Waals surface area contributed by atoms with Crippen molar-refractivity contribution < 1.29 is 13.8 Å². The number of carbonyl (C=O) groups excluding carboxylic acids is 2. The molecule has 1 saturated carbocycles. The van der Waals surface area contributed by atoms with Crippen LogP contribution >= 0.6 is 0 Å². The number of hydrogen-bond donors (Lipinski definition) is 2. The van der Waals surface area contributed by atoms with Gasteiger partial charge in [-0.1, -0.05) is 0 Å². The van der Waals surface area contributed by atoms with E-state index in [0.29, 0.717) is 11.5 Å². The van der Waals surface area contributed by atoms with Crippen molar-refractivity contribution >= 4 is 22.7 Å². The zero-order chi connectivity index (χ0) is 16.2. The van der Waals surface area contributed by atoms with E-state index in [-0.39, 0.29) is 29.9 Å². The smallest absolute Gasteiger partial charge is 0.315 e. The molecule has 6 nitrogen and oxygen atoms in total. The van der Waals surface area contributed by atoms with Crippen molar-refractivity contribution in [1.29, 1.82) is 0 Å². The molecule has 0 bridgehead atoms. The van der Waals surface area contributed by atoms with Crippen LogP contribution in [0.3, 0.4) is 0 Å². The largest absolute Gasteiger partial charge is 0.342 e. The molecule has 0 aromatic carbocycles. The number of nitrogens with one attached hydrogen (secondary N) is 2. The highest BCUT2D eigenvalue weighted by Crippen LogP contribution is 2.28. The van der Waals surface area contributed by atoms with Crippen molar-refractivity contribution in [2.75, 3.05) is 24.6 Å². The molecule has 2 heterocycles. The predicted molar refractivity (Wildman–Crippen MR) is 89.5 cm³/mol. The molecule has 130 valence electrons. The molecule has 0 radical (unpaired) electrons. The van der Waals surface area contributed by atoms with Crippen LogP contribution in [-0.2, 0) is 15.6 Å². The van der Waals surface area contributed by atoms with E-state index in [0.717, 1.165) is 51.6 Å². The molecule has 3 fully saturated rings. The Morgan fingerprint density at radius 1 is 0.957 bits per heavy atom. The summed E-state index contributed by atoms with van der Waals surface area (Å²) < 4.78 is 11.3. The van der Waals surface area contributed by atoms with Gasteiger partial charge in [-0.05, 0) is 44.9 Å². The molecule has 23 heavy (non-hydrogen) atoms. The summed E-state index contributed by atoms with van der Waals surface area (Å²) in [4.78, 5) is 26.5. The normalized spacial score (nSPS) is 34.3. The van der Waals surface area contributed by atoms with Crippen LogP contribution in [0.1, 0.15) is 44.9 Å². The zero-order valence-corrected chi connectivity index (χ0v) is 14.4. The van der Waals surface area contributed by atoms with Crippen LogP contribution in [-0.4, -0.2) is 57.7 Å². The second kappa shape index (κ2) is 7.64. The van der Waals surface area contributed by atoms with Gasteiger partial charge in [-0.25, -0.2) is 4.79 Å². The van der Waals surface area contributed by atoms with Gasteiger partial charge in [0.05, 0.1) is 0 Å². The van der Waals surface area contributed by atoms with Gasteiger partial charge in [-0.15, -0.1) is 0 Å². The van der Waals surface area contributed by atoms with Gasteiger partial charge in [0.2, 0.25) is 5.91 Å². The van der Waals surface area contributed by atoms with Crippen LogP contribution in [0.5, 0.6) is 0 Å². The van der Waals surface area contributed by atoms with Gasteiger partial charge in [0.25, 0.3) is 0 Å². The number of urea groups is 1. The summed E-state index contributed by atoms with van der Waals surface area (Å²) in [5, 5.41) is 5.89. The molecule has 0 aromatic rings. The van der Waals surface area contributed by atoms with Gasteiger partial charge in [0.1, 0.15) is 0 Å². The molecular weight excluding hydrogens is 314 g/mol. The standard InChI is InChI=1S/C16H27N3O3S/c20-15(19-7-2-1-3-8-19)12-4-5-13(10-12)17-16(21)18-14-6-9-23(22)11-14/h12-14H,1-11H2,(H2,17,18,21)/t12-,13+,14?,23?/m1/s1. The number of rotatable bonds is 3. The fourth-order valence-corrected chi connectivity index (χ4v) is 5.31. The number of piperidine rings is 1. The van der Waals surface area contributed by atoms with E-state index >= 15 is 0 Å². The molecule has 3 rings (SSSR count). The Balaban J connectivity index is 1.41. The molecule has 4 atom stereocenters. The van der Waals surface area contributed by atoms with Crippen molar-refractivity contribution in [2.45, 2.75) is 57.0 Å². The maximum absolute atomic E-state index is 12.5. The summed E-state index contributed by atoms with van der Waals surface area (Å²) in [6, 6.07) is -0.0615. The number of hydrogen-bond acceptors (Lipinski definition) is 3. The summed E-state index contributed by atoms with van der Waals surface area (Å²) in [5.74, 6) is 1.59. The van der Waals surface area contributed by atoms with Crippen LogP contribution in [0.25, 0.3) is 0 Å². The van der Waals surface area contributed by atoms with E-state index in [9.17, 15) is 13.8 Å². The number of amides is 3. The van der Waals surface area contributed by atoms with E-state index in [1.807, 2.05) is 4.90 Å². The van der Waals surface area contributed by atoms with Gasteiger partial charge in [0.15, 0.2) is 0 Å². The van der Waals surface area contributed by atoms with Gasteiger partial charge in [0, 0.05) is 53.4 Å². The predicted octanol–water partition coefficient (Wildman–Crippen LogP) is 0.988. The first kappa shape index (κ1) is 16.7. The molecule has 2 aliphatic heterocycles. The summed E-state index contributed by atoms with van der Waals surface area (Å²) in [5.41, 5.74) is 0. The molecule has 0 aromatic heterocycles. The van der Waals surface area contributed by atoms with Crippen molar-refractivity contribution in [3.05, 3.63) is 0 Å². The molecule has 3 amide bonds. The van der Waals surface area contributed by atoms with Crippen molar-refractivity contribution in [3.8, 4) is 0 Å². The Bertz CT molecular complexity index is 479. The first-order valence-corrected chi connectivity index (χ1v) is 10.3. The van der Waals surface area contributed by atoms with Crippen LogP contribution in [0.2, 0.25) is 0 Å². The van der Waals surface area contributed by atoms with Crippen LogP contribution in [0.15, 0.2) is 0 Å². The second-order valence-corrected chi connectivity index (χ2v) is 8.63. The maximum Gasteiger partial charge on any atom is 0.315 e. The Kier molecular flexibility index (Phi) is 5.56. The van der Waals surface area contributed by atoms with E-state index in [4.69, 9.17) is 0 Å². The van der Waals surface area contributed by atoms with Crippen molar-refractivity contribution in [1.82, 2.24) is 15.5 Å². The minimum atomic E-state index is -0.781. The second-order valence-electron chi connectivity index (χ2n) is 7.01. The van der Waals surface area contributed by atoms with Gasteiger partial charge < -0.3 is 15.5 Å². The first-order chi connectivity index (χ1) is 11.1. The molecular formula is C16H27N3O3S. The summed E-state index contributed by atoms with van der Waals surface area (Å²) in [6.07, 6.45) is 6.74. The van der Waals surface area contributed by atoms with E-state index in [1.165, 1.54) is 6.42 Å². The highest BCUT2D eigenvalue weighted by Gasteiger charge is 2.34.